The number of methoxy groups -OCH3 is 1. The second kappa shape index (κ2) is 6.40. The van der Waals surface area contributed by atoms with E-state index in [0.717, 1.165) is 15.2 Å². The summed E-state index contributed by atoms with van der Waals surface area (Å²) >= 11 is 2.70. The Bertz CT molecular complexity index is 699. The highest BCUT2D eigenvalue weighted by Crippen LogP contribution is 2.36. The first-order valence-corrected chi connectivity index (χ1v) is 7.98. The third kappa shape index (κ3) is 3.51. The molecule has 112 valence electrons. The average molecular weight is 326 g/mol. The van der Waals surface area contributed by atoms with Gasteiger partial charge in [-0.05, 0) is 13.0 Å². The number of rotatable bonds is 5. The van der Waals surface area contributed by atoms with Crippen LogP contribution in [-0.2, 0) is 9.53 Å². The number of nitrogens with zero attached hydrogens (tertiary/aromatic N) is 2. The number of aromatic nitrogens is 1. The number of hydrogen-bond acceptors (Lipinski definition) is 7. The van der Waals surface area contributed by atoms with Crippen molar-refractivity contribution in [2.45, 2.75) is 18.7 Å². The number of thiazole rings is 1. The molecule has 0 N–H and O–H groups in total. The summed E-state index contributed by atoms with van der Waals surface area (Å²) in [6.07, 6.45) is 0. The van der Waals surface area contributed by atoms with E-state index < -0.39 is 4.92 Å². The lowest BCUT2D eigenvalue weighted by molar-refractivity contribution is -0.387. The predicted octanol–water partition coefficient (Wildman–Crippen LogP) is 3.41. The summed E-state index contributed by atoms with van der Waals surface area (Å²) < 4.78 is 5.45. The zero-order valence-corrected chi connectivity index (χ0v) is 13.4. The van der Waals surface area contributed by atoms with Crippen LogP contribution in [0.15, 0.2) is 17.0 Å². The molecule has 1 unspecified atom stereocenters. The van der Waals surface area contributed by atoms with Gasteiger partial charge in [0.1, 0.15) is 0 Å². The van der Waals surface area contributed by atoms with Crippen LogP contribution in [0.2, 0.25) is 0 Å². The largest absolute Gasteiger partial charge is 0.469 e. The molecule has 6 nitrogen and oxygen atoms in total. The standard InChI is InChI=1S/C13H14N2O4S2/c1-7(13(16)19-3)6-20-12-4-9-11(21-8(2)14-9)5-10(12)15(17)18/h4-5,7H,6H2,1-3H3. The molecular weight excluding hydrogens is 312 g/mol. The molecule has 21 heavy (non-hydrogen) atoms. The topological polar surface area (TPSA) is 82.3 Å². The lowest BCUT2D eigenvalue weighted by Gasteiger charge is -2.08. The van der Waals surface area contributed by atoms with Gasteiger partial charge in [-0.2, -0.15) is 0 Å². The number of hydrogen-bond donors (Lipinski definition) is 0. The number of fused-ring (bicyclic) bond motifs is 1. The maximum atomic E-state index is 11.4. The van der Waals surface area contributed by atoms with Gasteiger partial charge in [-0.3, -0.25) is 14.9 Å². The first kappa shape index (κ1) is 15.7. The number of esters is 1. The normalized spacial score (nSPS) is 12.3. The van der Waals surface area contributed by atoms with E-state index in [1.54, 1.807) is 19.1 Å². The smallest absolute Gasteiger partial charge is 0.309 e. The molecule has 1 heterocycles. The number of benzene rings is 1. The van der Waals surface area contributed by atoms with Crippen molar-refractivity contribution in [2.75, 3.05) is 12.9 Å². The van der Waals surface area contributed by atoms with Crippen molar-refractivity contribution < 1.29 is 14.5 Å². The van der Waals surface area contributed by atoms with Crippen molar-refractivity contribution in [2.24, 2.45) is 5.92 Å². The Morgan fingerprint density at radius 2 is 2.29 bits per heavy atom. The summed E-state index contributed by atoms with van der Waals surface area (Å²) in [4.78, 5) is 27.0. The molecule has 8 heteroatoms. The Balaban J connectivity index is 2.30. The highest BCUT2D eigenvalue weighted by Gasteiger charge is 2.20. The van der Waals surface area contributed by atoms with Gasteiger partial charge >= 0.3 is 5.97 Å². The van der Waals surface area contributed by atoms with E-state index in [1.807, 2.05) is 6.92 Å². The molecule has 0 saturated heterocycles. The van der Waals surface area contributed by atoms with Crippen molar-refractivity contribution >= 4 is 45.0 Å². The fourth-order valence-corrected chi connectivity index (χ4v) is 3.69. The van der Waals surface area contributed by atoms with Crippen LogP contribution < -0.4 is 0 Å². The zero-order chi connectivity index (χ0) is 15.6. The van der Waals surface area contributed by atoms with Crippen molar-refractivity contribution in [1.82, 2.24) is 4.98 Å². The second-order valence-electron chi connectivity index (χ2n) is 4.51. The maximum absolute atomic E-state index is 11.4. The van der Waals surface area contributed by atoms with E-state index in [2.05, 4.69) is 9.72 Å². The van der Waals surface area contributed by atoms with Gasteiger partial charge in [0.15, 0.2) is 0 Å². The predicted molar refractivity (Wildman–Crippen MR) is 82.9 cm³/mol. The molecular formula is C13H14N2O4S2. The van der Waals surface area contributed by atoms with E-state index in [4.69, 9.17) is 0 Å². The Morgan fingerprint density at radius 3 is 2.90 bits per heavy atom. The van der Waals surface area contributed by atoms with Gasteiger partial charge in [-0.15, -0.1) is 23.1 Å². The second-order valence-corrected chi connectivity index (χ2v) is 6.81. The Kier molecular flexibility index (Phi) is 4.79. The Hall–Kier alpha value is -1.67. The minimum atomic E-state index is -0.403. The van der Waals surface area contributed by atoms with Gasteiger partial charge in [-0.25, -0.2) is 4.98 Å². The highest BCUT2D eigenvalue weighted by molar-refractivity contribution is 7.99. The lowest BCUT2D eigenvalue weighted by Crippen LogP contribution is -2.14. The third-order valence-electron chi connectivity index (χ3n) is 2.87. The summed E-state index contributed by atoms with van der Waals surface area (Å²) in [5, 5.41) is 12.1. The fourth-order valence-electron chi connectivity index (χ4n) is 1.80. The number of nitro benzene ring substituents is 1. The maximum Gasteiger partial charge on any atom is 0.309 e. The summed E-state index contributed by atoms with van der Waals surface area (Å²) in [5.41, 5.74) is 0.796. The molecule has 1 aromatic carbocycles. The number of ether oxygens (including phenoxy) is 1. The number of aryl methyl sites for hydroxylation is 1. The number of nitro groups is 1. The minimum absolute atomic E-state index is 0.0493. The van der Waals surface area contributed by atoms with Crippen LogP contribution in [0.25, 0.3) is 10.2 Å². The van der Waals surface area contributed by atoms with E-state index in [-0.39, 0.29) is 17.6 Å². The van der Waals surface area contributed by atoms with Crippen LogP contribution in [-0.4, -0.2) is 28.7 Å². The quantitative estimate of drug-likeness (QED) is 0.362. The molecule has 0 aliphatic rings. The van der Waals surface area contributed by atoms with E-state index in [9.17, 15) is 14.9 Å². The first-order valence-electron chi connectivity index (χ1n) is 6.18. The molecule has 0 radical (unpaired) electrons. The van der Waals surface area contributed by atoms with Crippen molar-refractivity contribution in [3.8, 4) is 0 Å². The Morgan fingerprint density at radius 1 is 1.57 bits per heavy atom. The highest BCUT2D eigenvalue weighted by atomic mass is 32.2. The van der Waals surface area contributed by atoms with Crippen molar-refractivity contribution in [3.05, 3.63) is 27.3 Å². The third-order valence-corrected chi connectivity index (χ3v) is 5.10. The number of thioether (sulfide) groups is 1. The van der Waals surface area contributed by atoms with Gasteiger partial charge in [0.2, 0.25) is 0 Å². The molecule has 0 aliphatic carbocycles. The number of carbonyl (C=O) groups excluding carboxylic acids is 1. The van der Waals surface area contributed by atoms with Crippen LogP contribution in [0.5, 0.6) is 0 Å². The van der Waals surface area contributed by atoms with Crippen molar-refractivity contribution in [1.29, 1.82) is 0 Å². The molecule has 0 aliphatic heterocycles. The SMILES string of the molecule is COC(=O)C(C)CSc1cc2nc(C)sc2cc1[N+](=O)[O-]. The molecule has 0 bridgehead atoms. The summed E-state index contributed by atoms with van der Waals surface area (Å²) in [6.45, 7) is 3.60. The average Bonchev–Trinajstić information content (AvgIpc) is 2.81. The summed E-state index contributed by atoms with van der Waals surface area (Å²) in [7, 11) is 1.33. The van der Waals surface area contributed by atoms with Gasteiger partial charge < -0.3 is 4.74 Å². The minimum Gasteiger partial charge on any atom is -0.469 e. The molecule has 0 amide bonds. The molecule has 0 fully saturated rings. The monoisotopic (exact) mass is 326 g/mol. The van der Waals surface area contributed by atoms with Gasteiger partial charge in [-0.1, -0.05) is 6.92 Å². The van der Waals surface area contributed by atoms with Gasteiger partial charge in [0.05, 0.1) is 38.1 Å². The zero-order valence-electron chi connectivity index (χ0n) is 11.8. The lowest BCUT2D eigenvalue weighted by atomic mass is 10.2. The fraction of sp³-hybridized carbons (Fsp3) is 0.385. The van der Waals surface area contributed by atoms with Crippen LogP contribution in [0.1, 0.15) is 11.9 Å². The molecule has 0 spiro atoms. The van der Waals surface area contributed by atoms with Gasteiger partial charge in [0.25, 0.3) is 5.69 Å². The molecule has 1 atom stereocenters. The van der Waals surface area contributed by atoms with E-state index in [1.165, 1.54) is 30.2 Å². The Labute approximate surface area is 129 Å². The molecule has 1 aromatic heterocycles. The van der Waals surface area contributed by atoms with E-state index in [0.29, 0.717) is 10.6 Å². The van der Waals surface area contributed by atoms with E-state index >= 15 is 0 Å². The summed E-state index contributed by atoms with van der Waals surface area (Å²) in [5.74, 6) is -0.231. The molecule has 0 saturated carbocycles. The van der Waals surface area contributed by atoms with Crippen LogP contribution in [0.3, 0.4) is 0 Å². The summed E-state index contributed by atoms with van der Waals surface area (Å²) in [6, 6.07) is 3.26. The van der Waals surface area contributed by atoms with Crippen LogP contribution in [0.4, 0.5) is 5.69 Å². The first-order chi connectivity index (χ1) is 9.92. The molecule has 2 aromatic rings. The molecule has 2 rings (SSSR count). The van der Waals surface area contributed by atoms with Crippen LogP contribution in [0, 0.1) is 23.0 Å². The van der Waals surface area contributed by atoms with Crippen LogP contribution >= 0.6 is 23.1 Å². The van der Waals surface area contributed by atoms with Crippen molar-refractivity contribution in [3.63, 3.8) is 0 Å². The number of carbonyl (C=O) groups is 1. The van der Waals surface area contributed by atoms with Gasteiger partial charge in [0, 0.05) is 11.8 Å².